The minimum atomic E-state index is -0.410. The van der Waals surface area contributed by atoms with E-state index in [1.165, 1.54) is 4.88 Å². The number of esters is 1. The van der Waals surface area contributed by atoms with E-state index in [0.29, 0.717) is 30.4 Å². The zero-order chi connectivity index (χ0) is 17.8. The van der Waals surface area contributed by atoms with Crippen LogP contribution in [0.15, 0.2) is 46.2 Å². The van der Waals surface area contributed by atoms with E-state index in [1.807, 2.05) is 24.3 Å². The Morgan fingerprint density at radius 2 is 2.04 bits per heavy atom. The Bertz CT molecular complexity index is 836. The molecule has 3 rings (SSSR count). The second-order valence-electron chi connectivity index (χ2n) is 6.24. The van der Waals surface area contributed by atoms with Crippen LogP contribution in [0.1, 0.15) is 47.8 Å². The van der Waals surface area contributed by atoms with Gasteiger partial charge in [0.1, 0.15) is 5.58 Å². The van der Waals surface area contributed by atoms with Gasteiger partial charge in [-0.25, -0.2) is 4.79 Å². The number of fused-ring (bicyclic) bond motifs is 1. The lowest BCUT2D eigenvalue weighted by atomic mass is 10.0. The van der Waals surface area contributed by atoms with Gasteiger partial charge in [0.2, 0.25) is 5.76 Å². The van der Waals surface area contributed by atoms with Crippen molar-refractivity contribution in [1.29, 1.82) is 0 Å². The molecule has 4 nitrogen and oxygen atoms in total. The van der Waals surface area contributed by atoms with Crippen LogP contribution >= 0.6 is 11.3 Å². The van der Waals surface area contributed by atoms with Crippen molar-refractivity contribution in [3.63, 3.8) is 0 Å². The largest absolute Gasteiger partial charge is 0.460 e. The van der Waals surface area contributed by atoms with Crippen molar-refractivity contribution in [1.82, 2.24) is 5.32 Å². The molecule has 5 heteroatoms. The first-order valence-electron chi connectivity index (χ1n) is 8.56. The number of furan rings is 1. The summed E-state index contributed by atoms with van der Waals surface area (Å²) in [6.07, 6.45) is 0. The molecular formula is C20H23NO3S. The van der Waals surface area contributed by atoms with Crippen molar-refractivity contribution in [2.24, 2.45) is 5.92 Å². The van der Waals surface area contributed by atoms with Crippen LogP contribution in [0.25, 0.3) is 11.0 Å². The number of carbonyl (C=O) groups excluding carboxylic acids is 1. The molecule has 0 aliphatic heterocycles. The van der Waals surface area contributed by atoms with Crippen molar-refractivity contribution < 1.29 is 13.9 Å². The summed E-state index contributed by atoms with van der Waals surface area (Å²) >= 11 is 1.74. The SMILES string of the molecule is CCOC(=O)c1oc2ccccc2c1CN[C@@H](c1cccs1)C(C)C. The van der Waals surface area contributed by atoms with Gasteiger partial charge in [0.15, 0.2) is 0 Å². The molecule has 0 radical (unpaired) electrons. The Balaban J connectivity index is 1.91. The molecule has 0 unspecified atom stereocenters. The molecule has 2 aromatic heterocycles. The Morgan fingerprint density at radius 1 is 1.24 bits per heavy atom. The highest BCUT2D eigenvalue weighted by atomic mass is 32.1. The molecule has 0 aliphatic carbocycles. The smallest absolute Gasteiger partial charge is 0.374 e. The van der Waals surface area contributed by atoms with Crippen LogP contribution < -0.4 is 5.32 Å². The Kier molecular flexibility index (Phi) is 5.56. The Labute approximate surface area is 151 Å². The van der Waals surface area contributed by atoms with Crippen molar-refractivity contribution in [2.45, 2.75) is 33.4 Å². The number of carbonyl (C=O) groups is 1. The highest BCUT2D eigenvalue weighted by Crippen LogP contribution is 2.30. The highest BCUT2D eigenvalue weighted by molar-refractivity contribution is 7.10. The summed E-state index contributed by atoms with van der Waals surface area (Å²) in [7, 11) is 0. The second-order valence-corrected chi connectivity index (χ2v) is 7.22. The third-order valence-corrected chi connectivity index (χ3v) is 5.13. The first-order valence-corrected chi connectivity index (χ1v) is 9.44. The van der Waals surface area contributed by atoms with E-state index in [4.69, 9.17) is 9.15 Å². The van der Waals surface area contributed by atoms with Crippen LogP contribution in [0.4, 0.5) is 0 Å². The molecule has 0 spiro atoms. The van der Waals surface area contributed by atoms with Gasteiger partial charge in [-0.1, -0.05) is 38.1 Å². The molecule has 1 aromatic carbocycles. The average Bonchev–Trinajstić information content (AvgIpc) is 3.23. The maximum atomic E-state index is 12.3. The molecule has 25 heavy (non-hydrogen) atoms. The van der Waals surface area contributed by atoms with Crippen LogP contribution in [0.2, 0.25) is 0 Å². The fourth-order valence-electron chi connectivity index (χ4n) is 2.98. The van der Waals surface area contributed by atoms with Gasteiger partial charge in [0, 0.05) is 28.4 Å². The summed E-state index contributed by atoms with van der Waals surface area (Å²) in [5.74, 6) is 0.319. The lowest BCUT2D eigenvalue weighted by Crippen LogP contribution is -2.25. The normalized spacial score (nSPS) is 12.6. The van der Waals surface area contributed by atoms with Crippen LogP contribution in [0.3, 0.4) is 0 Å². The quantitative estimate of drug-likeness (QED) is 0.594. The van der Waals surface area contributed by atoms with Gasteiger partial charge in [0.05, 0.1) is 6.61 Å². The second kappa shape index (κ2) is 7.85. The summed E-state index contributed by atoms with van der Waals surface area (Å²) < 4.78 is 11.0. The van der Waals surface area contributed by atoms with Crippen molar-refractivity contribution in [3.05, 3.63) is 58.0 Å². The van der Waals surface area contributed by atoms with E-state index < -0.39 is 5.97 Å². The van der Waals surface area contributed by atoms with E-state index in [2.05, 4.69) is 36.7 Å². The molecule has 0 amide bonds. The number of thiophene rings is 1. The molecule has 3 aromatic rings. The summed E-state index contributed by atoms with van der Waals surface area (Å²) in [4.78, 5) is 13.6. The predicted molar refractivity (Wildman–Crippen MR) is 101 cm³/mol. The highest BCUT2D eigenvalue weighted by Gasteiger charge is 2.23. The third-order valence-electron chi connectivity index (χ3n) is 4.17. The summed E-state index contributed by atoms with van der Waals surface area (Å²) in [6.45, 7) is 7.05. The summed E-state index contributed by atoms with van der Waals surface area (Å²) in [6, 6.07) is 12.1. The van der Waals surface area contributed by atoms with E-state index in [9.17, 15) is 4.79 Å². The topological polar surface area (TPSA) is 51.5 Å². The average molecular weight is 357 g/mol. The Morgan fingerprint density at radius 3 is 2.72 bits per heavy atom. The van der Waals surface area contributed by atoms with E-state index in [1.54, 1.807) is 18.3 Å². The maximum absolute atomic E-state index is 12.3. The predicted octanol–water partition coefficient (Wildman–Crippen LogP) is 5.16. The zero-order valence-corrected chi connectivity index (χ0v) is 15.6. The Hall–Kier alpha value is -2.11. The number of rotatable bonds is 7. The molecule has 0 saturated heterocycles. The number of ether oxygens (including phenoxy) is 1. The van der Waals surface area contributed by atoms with Gasteiger partial charge >= 0.3 is 5.97 Å². The van der Waals surface area contributed by atoms with Gasteiger partial charge in [-0.3, -0.25) is 0 Å². The standard InChI is InChI=1S/C20H23NO3S/c1-4-23-20(22)19-15(14-8-5-6-9-16(14)24-19)12-21-18(13(2)3)17-10-7-11-25-17/h5-11,13,18,21H,4,12H2,1-3H3/t18-/m1/s1. The molecule has 1 N–H and O–H groups in total. The minimum Gasteiger partial charge on any atom is -0.460 e. The van der Waals surface area contributed by atoms with Crippen molar-refractivity contribution in [3.8, 4) is 0 Å². The molecule has 0 aliphatic rings. The monoisotopic (exact) mass is 357 g/mol. The summed E-state index contributed by atoms with van der Waals surface area (Å²) in [5, 5.41) is 6.63. The van der Waals surface area contributed by atoms with Crippen LogP contribution in [0.5, 0.6) is 0 Å². The number of benzene rings is 1. The van der Waals surface area contributed by atoms with Crippen LogP contribution in [-0.2, 0) is 11.3 Å². The number of para-hydroxylation sites is 1. The van der Waals surface area contributed by atoms with Crippen molar-refractivity contribution >= 4 is 28.3 Å². The first-order chi connectivity index (χ1) is 12.1. The van der Waals surface area contributed by atoms with Gasteiger partial charge in [0.25, 0.3) is 0 Å². The molecular weight excluding hydrogens is 334 g/mol. The third kappa shape index (κ3) is 3.78. The molecule has 0 fully saturated rings. The van der Waals surface area contributed by atoms with Crippen LogP contribution in [-0.4, -0.2) is 12.6 Å². The van der Waals surface area contributed by atoms with E-state index in [-0.39, 0.29) is 6.04 Å². The molecule has 132 valence electrons. The van der Waals surface area contributed by atoms with Gasteiger partial charge in [-0.05, 0) is 30.4 Å². The summed E-state index contributed by atoms with van der Waals surface area (Å²) in [5.41, 5.74) is 1.57. The van der Waals surface area contributed by atoms with E-state index in [0.717, 1.165) is 10.9 Å². The lowest BCUT2D eigenvalue weighted by molar-refractivity contribution is 0.0490. The number of hydrogen-bond acceptors (Lipinski definition) is 5. The molecule has 0 saturated carbocycles. The molecule has 0 bridgehead atoms. The van der Waals surface area contributed by atoms with Gasteiger partial charge in [-0.15, -0.1) is 11.3 Å². The fraction of sp³-hybridized carbons (Fsp3) is 0.350. The molecule has 1 atom stereocenters. The van der Waals surface area contributed by atoms with Crippen LogP contribution in [0, 0.1) is 5.92 Å². The van der Waals surface area contributed by atoms with E-state index >= 15 is 0 Å². The van der Waals surface area contributed by atoms with Gasteiger partial charge < -0.3 is 14.5 Å². The number of hydrogen-bond donors (Lipinski definition) is 1. The maximum Gasteiger partial charge on any atom is 0.374 e. The minimum absolute atomic E-state index is 0.226. The molecule has 2 heterocycles. The van der Waals surface area contributed by atoms with Gasteiger partial charge in [-0.2, -0.15) is 0 Å². The number of nitrogens with one attached hydrogen (secondary N) is 1. The zero-order valence-electron chi connectivity index (χ0n) is 14.7. The van der Waals surface area contributed by atoms with Crippen molar-refractivity contribution in [2.75, 3.05) is 6.61 Å². The fourth-order valence-corrected chi connectivity index (χ4v) is 3.95. The lowest BCUT2D eigenvalue weighted by Gasteiger charge is -2.21. The first kappa shape index (κ1) is 17.7.